The van der Waals surface area contributed by atoms with Crippen molar-refractivity contribution in [1.82, 2.24) is 15.1 Å². The average molecular weight is 320 g/mol. The Morgan fingerprint density at radius 2 is 1.71 bits per heavy atom. The molecule has 1 amide bonds. The average Bonchev–Trinajstić information content (AvgIpc) is 2.37. The number of carbonyl (C=O) groups is 1. The summed E-state index contributed by atoms with van der Waals surface area (Å²) >= 11 is 0. The quantitative estimate of drug-likeness (QED) is 0.782. The zero-order valence-corrected chi connectivity index (χ0v) is 15.2. The fraction of sp³-hybridized carbons (Fsp3) is 0.938. The summed E-state index contributed by atoms with van der Waals surface area (Å²) in [5.74, 6) is 1.11. The van der Waals surface area contributed by atoms with E-state index in [1.54, 1.807) is 0 Å². The van der Waals surface area contributed by atoms with Crippen LogP contribution in [-0.4, -0.2) is 61.0 Å². The van der Waals surface area contributed by atoms with Gasteiger partial charge in [0.1, 0.15) is 0 Å². The minimum absolute atomic E-state index is 0. The smallest absolute Gasteiger partial charge is 0.237 e. The molecule has 0 unspecified atom stereocenters. The summed E-state index contributed by atoms with van der Waals surface area (Å²) in [4.78, 5) is 16.8. The van der Waals surface area contributed by atoms with Crippen molar-refractivity contribution in [2.75, 3.05) is 33.2 Å². The predicted octanol–water partition coefficient (Wildman–Crippen LogP) is 2.38. The van der Waals surface area contributed by atoms with Crippen molar-refractivity contribution in [2.24, 2.45) is 5.92 Å². The summed E-state index contributed by atoms with van der Waals surface area (Å²) in [5, 5.41) is 3.22. The molecule has 1 aliphatic heterocycles. The number of hydrogen-bond acceptors (Lipinski definition) is 3. The Labute approximate surface area is 137 Å². The van der Waals surface area contributed by atoms with Gasteiger partial charge in [0.15, 0.2) is 0 Å². The fourth-order valence-corrected chi connectivity index (χ4v) is 3.23. The third-order valence-electron chi connectivity index (χ3n) is 4.27. The predicted molar refractivity (Wildman–Crippen MR) is 92.1 cm³/mol. The van der Waals surface area contributed by atoms with Crippen LogP contribution in [0.5, 0.6) is 0 Å². The van der Waals surface area contributed by atoms with Crippen LogP contribution in [0, 0.1) is 5.92 Å². The van der Waals surface area contributed by atoms with Crippen LogP contribution in [0.25, 0.3) is 0 Å². The zero-order chi connectivity index (χ0) is 15.1. The lowest BCUT2D eigenvalue weighted by Crippen LogP contribution is -2.48. The van der Waals surface area contributed by atoms with Gasteiger partial charge in [-0.3, -0.25) is 9.69 Å². The van der Waals surface area contributed by atoms with Crippen molar-refractivity contribution in [3.63, 3.8) is 0 Å². The van der Waals surface area contributed by atoms with E-state index in [4.69, 9.17) is 0 Å². The highest BCUT2D eigenvalue weighted by molar-refractivity contribution is 5.85. The first-order valence-corrected chi connectivity index (χ1v) is 8.13. The summed E-state index contributed by atoms with van der Waals surface area (Å²) in [7, 11) is 2.01. The third-order valence-corrected chi connectivity index (χ3v) is 4.27. The van der Waals surface area contributed by atoms with Gasteiger partial charge in [-0.2, -0.15) is 0 Å². The van der Waals surface area contributed by atoms with Crippen LogP contribution in [-0.2, 0) is 4.79 Å². The molecular weight excluding hydrogens is 286 g/mol. The first-order chi connectivity index (χ1) is 9.45. The maximum atomic E-state index is 12.4. The molecule has 0 atom stereocenters. The Balaban J connectivity index is 0.00000400. The molecule has 4 nitrogen and oxygen atoms in total. The molecule has 1 fully saturated rings. The van der Waals surface area contributed by atoms with E-state index in [0.29, 0.717) is 6.54 Å². The van der Waals surface area contributed by atoms with E-state index in [0.717, 1.165) is 25.6 Å². The number of piperidine rings is 1. The van der Waals surface area contributed by atoms with Gasteiger partial charge in [0.2, 0.25) is 5.91 Å². The Morgan fingerprint density at radius 1 is 1.19 bits per heavy atom. The van der Waals surface area contributed by atoms with Crippen molar-refractivity contribution in [3.8, 4) is 0 Å². The van der Waals surface area contributed by atoms with Gasteiger partial charge in [-0.1, -0.05) is 0 Å². The molecule has 1 rings (SSSR count). The largest absolute Gasteiger partial charge is 0.337 e. The van der Waals surface area contributed by atoms with Crippen LogP contribution < -0.4 is 5.32 Å². The molecule has 5 heteroatoms. The normalized spacial score (nSPS) is 17.1. The van der Waals surface area contributed by atoms with Gasteiger partial charge in [-0.25, -0.2) is 0 Å². The highest BCUT2D eigenvalue weighted by Gasteiger charge is 2.25. The molecule has 126 valence electrons. The summed E-state index contributed by atoms with van der Waals surface area (Å²) in [6.07, 6.45) is 3.74. The lowest BCUT2D eigenvalue weighted by atomic mass is 9.93. The molecule has 21 heavy (non-hydrogen) atoms. The molecule has 0 saturated carbocycles. The monoisotopic (exact) mass is 319 g/mol. The van der Waals surface area contributed by atoms with Crippen LogP contribution >= 0.6 is 12.4 Å². The first kappa shape index (κ1) is 20.7. The number of carbonyl (C=O) groups excluding carboxylic acids is 1. The topological polar surface area (TPSA) is 35.6 Å². The molecular formula is C16H34ClN3O. The Morgan fingerprint density at radius 3 is 2.14 bits per heavy atom. The van der Waals surface area contributed by atoms with Crippen LogP contribution in [0.1, 0.15) is 47.0 Å². The van der Waals surface area contributed by atoms with Crippen molar-refractivity contribution in [2.45, 2.75) is 59.0 Å². The van der Waals surface area contributed by atoms with E-state index < -0.39 is 0 Å². The number of nitrogens with zero attached hydrogens (tertiary/aromatic N) is 2. The van der Waals surface area contributed by atoms with Gasteiger partial charge in [-0.15, -0.1) is 12.4 Å². The number of nitrogens with one attached hydrogen (secondary N) is 1. The van der Waals surface area contributed by atoms with Crippen molar-refractivity contribution in [3.05, 3.63) is 0 Å². The van der Waals surface area contributed by atoms with E-state index in [9.17, 15) is 4.79 Å². The van der Waals surface area contributed by atoms with Gasteiger partial charge in [0.05, 0.1) is 6.54 Å². The van der Waals surface area contributed by atoms with Gasteiger partial charge >= 0.3 is 0 Å². The van der Waals surface area contributed by atoms with Crippen LogP contribution in [0.15, 0.2) is 0 Å². The number of hydrogen-bond donors (Lipinski definition) is 1. The summed E-state index contributed by atoms with van der Waals surface area (Å²) in [6.45, 7) is 12.2. The lowest BCUT2D eigenvalue weighted by Gasteiger charge is -2.36. The maximum Gasteiger partial charge on any atom is 0.237 e. The van der Waals surface area contributed by atoms with Crippen molar-refractivity contribution < 1.29 is 4.79 Å². The van der Waals surface area contributed by atoms with Crippen molar-refractivity contribution in [1.29, 1.82) is 0 Å². The van der Waals surface area contributed by atoms with Gasteiger partial charge in [0, 0.05) is 12.1 Å². The second-order valence-electron chi connectivity index (χ2n) is 6.60. The minimum Gasteiger partial charge on any atom is -0.337 e. The molecule has 0 spiro atoms. The molecule has 0 aromatic carbocycles. The molecule has 0 radical (unpaired) electrons. The van der Waals surface area contributed by atoms with Gasteiger partial charge < -0.3 is 10.2 Å². The van der Waals surface area contributed by atoms with Crippen LogP contribution in [0.4, 0.5) is 0 Å². The highest BCUT2D eigenvalue weighted by Crippen LogP contribution is 2.20. The Kier molecular flexibility index (Phi) is 10.3. The standard InChI is InChI=1S/C16H33N3O.ClH/c1-13(2)19(14(3)4)16(20)12-18-10-7-15(8-11-18)6-9-17-5;/h13-15,17H,6-12H2,1-5H3;1H. The third kappa shape index (κ3) is 6.98. The van der Waals surface area contributed by atoms with E-state index in [2.05, 4.69) is 37.9 Å². The number of likely N-dealkylation sites (tertiary alicyclic amines) is 1. The van der Waals surface area contributed by atoms with Crippen molar-refractivity contribution >= 4 is 18.3 Å². The fourth-order valence-electron chi connectivity index (χ4n) is 3.23. The second kappa shape index (κ2) is 10.4. The Hall–Kier alpha value is -0.320. The molecule has 0 aliphatic carbocycles. The molecule has 0 bridgehead atoms. The molecule has 1 aliphatic rings. The van der Waals surface area contributed by atoms with Crippen LogP contribution in [0.2, 0.25) is 0 Å². The number of amides is 1. The minimum atomic E-state index is 0. The Bertz CT molecular complexity index is 281. The lowest BCUT2D eigenvalue weighted by molar-refractivity contribution is -0.136. The molecule has 1 N–H and O–H groups in total. The SMILES string of the molecule is CNCCC1CCN(CC(=O)N(C(C)C)C(C)C)CC1.Cl. The van der Waals surface area contributed by atoms with E-state index in [1.165, 1.54) is 19.3 Å². The van der Waals surface area contributed by atoms with Crippen LogP contribution in [0.3, 0.4) is 0 Å². The molecule has 0 aromatic rings. The number of rotatable bonds is 7. The van der Waals surface area contributed by atoms with E-state index >= 15 is 0 Å². The number of halogens is 1. The van der Waals surface area contributed by atoms with E-state index in [-0.39, 0.29) is 30.4 Å². The highest BCUT2D eigenvalue weighted by atomic mass is 35.5. The van der Waals surface area contributed by atoms with Gasteiger partial charge in [0.25, 0.3) is 0 Å². The van der Waals surface area contributed by atoms with Gasteiger partial charge in [-0.05, 0) is 79.6 Å². The summed E-state index contributed by atoms with van der Waals surface area (Å²) in [6, 6.07) is 0.575. The molecule has 0 aromatic heterocycles. The molecule has 1 saturated heterocycles. The van der Waals surface area contributed by atoms with E-state index in [1.807, 2.05) is 11.9 Å². The maximum absolute atomic E-state index is 12.4. The zero-order valence-electron chi connectivity index (χ0n) is 14.4. The summed E-state index contributed by atoms with van der Waals surface area (Å²) in [5.41, 5.74) is 0. The molecule has 1 heterocycles. The first-order valence-electron chi connectivity index (χ1n) is 8.13. The summed E-state index contributed by atoms with van der Waals surface area (Å²) < 4.78 is 0. The second-order valence-corrected chi connectivity index (χ2v) is 6.60.